The third kappa shape index (κ3) is 4.06. The van der Waals surface area contributed by atoms with Crippen LogP contribution in [0.25, 0.3) is 11.2 Å². The molecule has 1 fully saturated rings. The van der Waals surface area contributed by atoms with E-state index in [0.717, 1.165) is 55.2 Å². The summed E-state index contributed by atoms with van der Waals surface area (Å²) in [4.78, 5) is 15.6. The van der Waals surface area contributed by atoms with Gasteiger partial charge in [0, 0.05) is 32.2 Å². The number of nitrogens with one attached hydrogen (secondary N) is 1. The molecule has 0 atom stereocenters. The maximum absolute atomic E-state index is 13.2. The molecular formula is C19H24FN7. The Labute approximate surface area is 157 Å². The molecule has 27 heavy (non-hydrogen) atoms. The minimum atomic E-state index is -0.237. The van der Waals surface area contributed by atoms with Gasteiger partial charge >= 0.3 is 0 Å². The number of nitrogens with zero attached hydrogens (tertiary/aromatic N) is 5. The molecule has 8 heteroatoms. The molecule has 3 aromatic rings. The second-order valence-electron chi connectivity index (χ2n) is 6.93. The van der Waals surface area contributed by atoms with Crippen molar-refractivity contribution in [2.75, 3.05) is 31.5 Å². The number of nitrogens with two attached hydrogens (primary N) is 1. The minimum Gasteiger partial charge on any atom is -0.353 e. The first-order valence-corrected chi connectivity index (χ1v) is 9.32. The normalized spacial score (nSPS) is 16.1. The second-order valence-corrected chi connectivity index (χ2v) is 6.93. The molecule has 0 amide bonds. The Morgan fingerprint density at radius 3 is 2.70 bits per heavy atom. The highest BCUT2D eigenvalue weighted by atomic mass is 19.1. The van der Waals surface area contributed by atoms with Crippen molar-refractivity contribution in [3.05, 3.63) is 48.2 Å². The second kappa shape index (κ2) is 7.98. The standard InChI is InChI=1S/C19H24FN7/c20-15-3-1-14(2-4-15)12-27-18-17(11-22-13-23-18)25-19(27)24-16-5-8-26(9-6-16)10-7-21/h1-4,11,13,16H,5-10,12,21H2,(H,24,25). The van der Waals surface area contributed by atoms with Crippen LogP contribution in [0.2, 0.25) is 0 Å². The van der Waals surface area contributed by atoms with Gasteiger partial charge in [0.15, 0.2) is 5.65 Å². The summed E-state index contributed by atoms with van der Waals surface area (Å²) < 4.78 is 15.3. The van der Waals surface area contributed by atoms with Gasteiger partial charge in [-0.2, -0.15) is 0 Å². The van der Waals surface area contributed by atoms with Crippen LogP contribution in [0.4, 0.5) is 10.3 Å². The monoisotopic (exact) mass is 369 g/mol. The number of aromatic nitrogens is 4. The Hall–Kier alpha value is -2.58. The molecule has 4 rings (SSSR count). The van der Waals surface area contributed by atoms with Crippen molar-refractivity contribution in [3.63, 3.8) is 0 Å². The lowest BCUT2D eigenvalue weighted by atomic mass is 10.1. The number of piperidine rings is 1. The number of benzene rings is 1. The molecule has 0 bridgehead atoms. The molecular weight excluding hydrogens is 345 g/mol. The van der Waals surface area contributed by atoms with E-state index < -0.39 is 0 Å². The first-order valence-electron chi connectivity index (χ1n) is 9.32. The number of rotatable bonds is 6. The highest BCUT2D eigenvalue weighted by Crippen LogP contribution is 2.22. The largest absolute Gasteiger partial charge is 0.353 e. The van der Waals surface area contributed by atoms with Gasteiger partial charge in [-0.1, -0.05) is 12.1 Å². The Kier molecular flexibility index (Phi) is 5.26. The van der Waals surface area contributed by atoms with Crippen LogP contribution in [0.3, 0.4) is 0 Å². The Bertz CT molecular complexity index is 885. The van der Waals surface area contributed by atoms with Crippen LogP contribution in [0.15, 0.2) is 36.8 Å². The van der Waals surface area contributed by atoms with Gasteiger partial charge < -0.3 is 16.0 Å². The van der Waals surface area contributed by atoms with Crippen LogP contribution in [0.1, 0.15) is 18.4 Å². The van der Waals surface area contributed by atoms with E-state index in [2.05, 4.69) is 20.2 Å². The maximum atomic E-state index is 13.2. The van der Waals surface area contributed by atoms with E-state index in [9.17, 15) is 4.39 Å². The molecule has 0 saturated carbocycles. The van der Waals surface area contributed by atoms with E-state index in [0.29, 0.717) is 19.1 Å². The molecule has 3 heterocycles. The number of hydrogen-bond acceptors (Lipinski definition) is 6. The Balaban J connectivity index is 1.56. The number of halogens is 1. The summed E-state index contributed by atoms with van der Waals surface area (Å²) in [6, 6.07) is 6.89. The zero-order valence-corrected chi connectivity index (χ0v) is 15.2. The zero-order valence-electron chi connectivity index (χ0n) is 15.2. The summed E-state index contributed by atoms with van der Waals surface area (Å²) in [5, 5.41) is 3.59. The summed E-state index contributed by atoms with van der Waals surface area (Å²) in [6.07, 6.45) is 5.34. The van der Waals surface area contributed by atoms with Gasteiger partial charge in [-0.15, -0.1) is 0 Å². The number of hydrogen-bond donors (Lipinski definition) is 2. The smallest absolute Gasteiger partial charge is 0.205 e. The van der Waals surface area contributed by atoms with Gasteiger partial charge in [-0.05, 0) is 30.5 Å². The fourth-order valence-corrected chi connectivity index (χ4v) is 3.58. The quantitative estimate of drug-likeness (QED) is 0.690. The Morgan fingerprint density at radius 1 is 1.19 bits per heavy atom. The molecule has 2 aromatic heterocycles. The zero-order chi connectivity index (χ0) is 18.6. The molecule has 3 N–H and O–H groups in total. The predicted octanol–water partition coefficient (Wildman–Crippen LogP) is 1.85. The van der Waals surface area contributed by atoms with E-state index >= 15 is 0 Å². The molecule has 1 aromatic carbocycles. The summed E-state index contributed by atoms with van der Waals surface area (Å²) in [5.41, 5.74) is 8.18. The van der Waals surface area contributed by atoms with Crippen molar-refractivity contribution in [1.29, 1.82) is 0 Å². The molecule has 1 aliphatic rings. The summed E-state index contributed by atoms with van der Waals surface area (Å²) >= 11 is 0. The van der Waals surface area contributed by atoms with Crippen LogP contribution in [0, 0.1) is 5.82 Å². The fourth-order valence-electron chi connectivity index (χ4n) is 3.58. The van der Waals surface area contributed by atoms with E-state index in [1.54, 1.807) is 18.3 Å². The van der Waals surface area contributed by atoms with Crippen molar-refractivity contribution in [1.82, 2.24) is 24.4 Å². The molecule has 0 spiro atoms. The van der Waals surface area contributed by atoms with Crippen molar-refractivity contribution < 1.29 is 4.39 Å². The van der Waals surface area contributed by atoms with Gasteiger partial charge in [0.1, 0.15) is 17.7 Å². The lowest BCUT2D eigenvalue weighted by Gasteiger charge is -2.32. The van der Waals surface area contributed by atoms with Gasteiger partial charge in [0.25, 0.3) is 0 Å². The van der Waals surface area contributed by atoms with E-state index in [1.807, 2.05) is 4.57 Å². The molecule has 0 aliphatic carbocycles. The van der Waals surface area contributed by atoms with Crippen molar-refractivity contribution in [2.45, 2.75) is 25.4 Å². The predicted molar refractivity (Wildman–Crippen MR) is 103 cm³/mol. The average Bonchev–Trinajstić information content (AvgIpc) is 3.02. The van der Waals surface area contributed by atoms with Gasteiger partial charge in [0.05, 0.1) is 12.7 Å². The van der Waals surface area contributed by atoms with E-state index in [1.165, 1.54) is 18.5 Å². The third-order valence-corrected chi connectivity index (χ3v) is 5.03. The van der Waals surface area contributed by atoms with E-state index in [4.69, 9.17) is 10.7 Å². The average molecular weight is 369 g/mol. The minimum absolute atomic E-state index is 0.237. The number of likely N-dealkylation sites (tertiary alicyclic amines) is 1. The van der Waals surface area contributed by atoms with Gasteiger partial charge in [-0.3, -0.25) is 4.57 Å². The van der Waals surface area contributed by atoms with E-state index in [-0.39, 0.29) is 5.82 Å². The number of imidazole rings is 1. The first-order chi connectivity index (χ1) is 13.2. The van der Waals surface area contributed by atoms with Gasteiger partial charge in [0.2, 0.25) is 5.95 Å². The lowest BCUT2D eigenvalue weighted by molar-refractivity contribution is 0.224. The topological polar surface area (TPSA) is 84.9 Å². The Morgan fingerprint density at radius 2 is 1.96 bits per heavy atom. The molecule has 1 saturated heterocycles. The first kappa shape index (κ1) is 17.8. The van der Waals surface area contributed by atoms with Crippen LogP contribution < -0.4 is 11.1 Å². The summed E-state index contributed by atoms with van der Waals surface area (Å²) in [7, 11) is 0. The van der Waals surface area contributed by atoms with Crippen LogP contribution in [-0.2, 0) is 6.54 Å². The number of fused-ring (bicyclic) bond motifs is 1. The summed E-state index contributed by atoms with van der Waals surface area (Å²) in [6.45, 7) is 4.29. The molecule has 142 valence electrons. The van der Waals surface area contributed by atoms with Crippen molar-refractivity contribution >= 4 is 17.1 Å². The number of anilines is 1. The maximum Gasteiger partial charge on any atom is 0.205 e. The van der Waals surface area contributed by atoms with Crippen LogP contribution >= 0.6 is 0 Å². The SMILES string of the molecule is NCCN1CCC(Nc2nc3cncnc3n2Cc2ccc(F)cc2)CC1. The molecule has 0 radical (unpaired) electrons. The van der Waals surface area contributed by atoms with Gasteiger partial charge in [-0.25, -0.2) is 19.3 Å². The molecule has 7 nitrogen and oxygen atoms in total. The lowest BCUT2D eigenvalue weighted by Crippen LogP contribution is -2.41. The highest BCUT2D eigenvalue weighted by molar-refractivity contribution is 5.73. The van der Waals surface area contributed by atoms with Crippen LogP contribution in [0.5, 0.6) is 0 Å². The van der Waals surface area contributed by atoms with Crippen molar-refractivity contribution in [2.24, 2.45) is 5.73 Å². The molecule has 0 unspecified atom stereocenters. The highest BCUT2D eigenvalue weighted by Gasteiger charge is 2.21. The molecule has 1 aliphatic heterocycles. The van der Waals surface area contributed by atoms with Crippen LogP contribution in [-0.4, -0.2) is 56.6 Å². The third-order valence-electron chi connectivity index (χ3n) is 5.03. The summed E-state index contributed by atoms with van der Waals surface area (Å²) in [5.74, 6) is 0.547. The van der Waals surface area contributed by atoms with Crippen molar-refractivity contribution in [3.8, 4) is 0 Å². The fraction of sp³-hybridized carbons (Fsp3) is 0.421.